The Morgan fingerprint density at radius 2 is 1.95 bits per heavy atom. The van der Waals surface area contributed by atoms with Crippen LogP contribution in [-0.4, -0.2) is 9.55 Å². The second-order valence-electron chi connectivity index (χ2n) is 5.69. The van der Waals surface area contributed by atoms with Crippen molar-refractivity contribution in [2.45, 2.75) is 45.1 Å². The number of halogens is 1. The van der Waals surface area contributed by atoms with E-state index < -0.39 is 0 Å². The van der Waals surface area contributed by atoms with Crippen molar-refractivity contribution >= 4 is 22.6 Å². The highest BCUT2D eigenvalue weighted by Crippen LogP contribution is 2.38. The maximum atomic E-state index is 4.62. The van der Waals surface area contributed by atoms with E-state index in [1.807, 2.05) is 6.20 Å². The summed E-state index contributed by atoms with van der Waals surface area (Å²) >= 11 is 2.35. The summed E-state index contributed by atoms with van der Waals surface area (Å²) in [6, 6.07) is 9.32. The summed E-state index contributed by atoms with van der Waals surface area (Å²) in [5, 5.41) is 0. The predicted molar refractivity (Wildman–Crippen MR) is 91.7 cm³/mol. The molecule has 0 bridgehead atoms. The molecule has 1 fully saturated rings. The molecule has 2 nitrogen and oxygen atoms in total. The van der Waals surface area contributed by atoms with Crippen molar-refractivity contribution in [1.82, 2.24) is 9.55 Å². The van der Waals surface area contributed by atoms with Crippen molar-refractivity contribution in [2.24, 2.45) is 5.92 Å². The first-order chi connectivity index (χ1) is 9.79. The van der Waals surface area contributed by atoms with Crippen LogP contribution in [0, 0.1) is 9.49 Å². The number of hydrogen-bond acceptors (Lipinski definition) is 1. The molecule has 3 heteroatoms. The predicted octanol–water partition coefficient (Wildman–Crippen LogP) is 5.30. The van der Waals surface area contributed by atoms with Crippen LogP contribution in [0.25, 0.3) is 11.4 Å². The van der Waals surface area contributed by atoms with Gasteiger partial charge in [-0.1, -0.05) is 38.3 Å². The van der Waals surface area contributed by atoms with Gasteiger partial charge in [-0.25, -0.2) is 4.98 Å². The third-order valence-corrected chi connectivity index (χ3v) is 5.24. The van der Waals surface area contributed by atoms with Crippen LogP contribution in [0.1, 0.15) is 45.1 Å². The first-order valence-corrected chi connectivity index (χ1v) is 8.66. The summed E-state index contributed by atoms with van der Waals surface area (Å²) in [6.07, 6.45) is 10.8. The van der Waals surface area contributed by atoms with Gasteiger partial charge in [0, 0.05) is 27.6 Å². The number of rotatable bonds is 3. The second kappa shape index (κ2) is 6.29. The summed E-state index contributed by atoms with van der Waals surface area (Å²) < 4.78 is 3.70. The van der Waals surface area contributed by atoms with Gasteiger partial charge in [-0.05, 0) is 53.5 Å². The molecule has 1 aliphatic rings. The third kappa shape index (κ3) is 2.78. The Balaban J connectivity index is 1.95. The Kier molecular flexibility index (Phi) is 4.44. The van der Waals surface area contributed by atoms with E-state index in [9.17, 15) is 0 Å². The van der Waals surface area contributed by atoms with Crippen LogP contribution in [0.15, 0.2) is 36.7 Å². The molecule has 106 valence electrons. The molecule has 1 aromatic heterocycles. The van der Waals surface area contributed by atoms with Crippen LogP contribution in [0.5, 0.6) is 0 Å². The van der Waals surface area contributed by atoms with Gasteiger partial charge in [0.15, 0.2) is 0 Å². The second-order valence-corrected chi connectivity index (χ2v) is 6.93. The van der Waals surface area contributed by atoms with Crippen molar-refractivity contribution in [3.05, 3.63) is 40.2 Å². The van der Waals surface area contributed by atoms with Crippen LogP contribution in [0.3, 0.4) is 0 Å². The van der Waals surface area contributed by atoms with Crippen LogP contribution in [0.2, 0.25) is 0 Å². The average Bonchev–Trinajstić information content (AvgIpc) is 2.97. The molecule has 3 rings (SSSR count). The molecule has 1 heterocycles. The minimum atomic E-state index is 0.630. The summed E-state index contributed by atoms with van der Waals surface area (Å²) in [7, 11) is 0. The highest BCUT2D eigenvalue weighted by molar-refractivity contribution is 14.1. The smallest absolute Gasteiger partial charge is 0.140 e. The van der Waals surface area contributed by atoms with Gasteiger partial charge in [0.2, 0.25) is 0 Å². The lowest BCUT2D eigenvalue weighted by molar-refractivity contribution is 0.234. The van der Waals surface area contributed by atoms with Crippen LogP contribution < -0.4 is 0 Å². The summed E-state index contributed by atoms with van der Waals surface area (Å²) in [6.45, 7) is 2.32. The zero-order chi connectivity index (χ0) is 13.9. The molecule has 0 amide bonds. The quantitative estimate of drug-likeness (QED) is 0.661. The molecule has 0 spiro atoms. The van der Waals surface area contributed by atoms with Gasteiger partial charge in [-0.3, -0.25) is 0 Å². The topological polar surface area (TPSA) is 17.8 Å². The Labute approximate surface area is 134 Å². The number of hydrogen-bond donors (Lipinski definition) is 0. The summed E-state index contributed by atoms with van der Waals surface area (Å²) in [5.74, 6) is 1.94. The van der Waals surface area contributed by atoms with Crippen LogP contribution in [0.4, 0.5) is 0 Å². The van der Waals surface area contributed by atoms with Gasteiger partial charge >= 0.3 is 0 Å². The molecule has 2 atom stereocenters. The van der Waals surface area contributed by atoms with Crippen molar-refractivity contribution in [3.8, 4) is 11.4 Å². The van der Waals surface area contributed by atoms with E-state index in [0.29, 0.717) is 6.04 Å². The van der Waals surface area contributed by atoms with Gasteiger partial charge in [-0.15, -0.1) is 0 Å². The molecule has 0 saturated heterocycles. The van der Waals surface area contributed by atoms with Crippen molar-refractivity contribution in [2.75, 3.05) is 0 Å². The molecule has 20 heavy (non-hydrogen) atoms. The number of imidazole rings is 1. The van der Waals surface area contributed by atoms with Crippen molar-refractivity contribution < 1.29 is 0 Å². The van der Waals surface area contributed by atoms with Crippen LogP contribution >= 0.6 is 22.6 Å². The van der Waals surface area contributed by atoms with Gasteiger partial charge in [0.25, 0.3) is 0 Å². The first kappa shape index (κ1) is 14.1. The fourth-order valence-corrected chi connectivity index (χ4v) is 3.79. The molecule has 0 aliphatic heterocycles. The number of nitrogens with zero attached hydrogens (tertiary/aromatic N) is 2. The lowest BCUT2D eigenvalue weighted by Crippen LogP contribution is -2.23. The molecule has 2 aromatic rings. The first-order valence-electron chi connectivity index (χ1n) is 7.58. The zero-order valence-electron chi connectivity index (χ0n) is 11.9. The fraction of sp³-hybridized carbons (Fsp3) is 0.471. The van der Waals surface area contributed by atoms with Crippen molar-refractivity contribution in [1.29, 1.82) is 0 Å². The number of aromatic nitrogens is 2. The van der Waals surface area contributed by atoms with E-state index in [1.165, 1.54) is 41.2 Å². The van der Waals surface area contributed by atoms with E-state index in [4.69, 9.17) is 0 Å². The molecule has 1 saturated carbocycles. The van der Waals surface area contributed by atoms with Crippen molar-refractivity contribution in [3.63, 3.8) is 0 Å². The molecule has 1 aromatic carbocycles. The molecule has 0 N–H and O–H groups in total. The van der Waals surface area contributed by atoms with Gasteiger partial charge in [-0.2, -0.15) is 0 Å². The third-order valence-electron chi connectivity index (χ3n) is 4.52. The van der Waals surface area contributed by atoms with Crippen LogP contribution in [-0.2, 0) is 0 Å². The Morgan fingerprint density at radius 3 is 2.70 bits per heavy atom. The molecule has 1 aliphatic carbocycles. The normalized spacial score (nSPS) is 22.9. The maximum Gasteiger partial charge on any atom is 0.140 e. The highest BCUT2D eigenvalue weighted by atomic mass is 127. The highest BCUT2D eigenvalue weighted by Gasteiger charge is 2.26. The molecular weight excluding hydrogens is 359 g/mol. The minimum absolute atomic E-state index is 0.630. The largest absolute Gasteiger partial charge is 0.328 e. The fourth-order valence-electron chi connectivity index (χ4n) is 3.43. The van der Waals surface area contributed by atoms with E-state index in [0.717, 1.165) is 11.7 Å². The van der Waals surface area contributed by atoms with E-state index in [-0.39, 0.29) is 0 Å². The average molecular weight is 380 g/mol. The molecule has 2 unspecified atom stereocenters. The summed E-state index contributed by atoms with van der Waals surface area (Å²) in [4.78, 5) is 4.62. The zero-order valence-corrected chi connectivity index (χ0v) is 14.1. The van der Waals surface area contributed by atoms with Gasteiger partial charge in [0.1, 0.15) is 5.82 Å². The maximum absolute atomic E-state index is 4.62. The standard InChI is InChI=1S/C17H21IN2/c1-2-13-5-3-4-6-16(13)20-12-11-19-17(20)14-7-9-15(18)10-8-14/h7-13,16H,2-6H2,1H3. The van der Waals surface area contributed by atoms with E-state index >= 15 is 0 Å². The molecular formula is C17H21IN2. The van der Waals surface area contributed by atoms with Gasteiger partial charge in [0.05, 0.1) is 0 Å². The Hall–Kier alpha value is -0.840. The minimum Gasteiger partial charge on any atom is -0.328 e. The SMILES string of the molecule is CCC1CCCCC1n1ccnc1-c1ccc(I)cc1. The monoisotopic (exact) mass is 380 g/mol. The molecule has 0 radical (unpaired) electrons. The Bertz CT molecular complexity index is 559. The van der Waals surface area contributed by atoms with E-state index in [1.54, 1.807) is 0 Å². The lowest BCUT2D eigenvalue weighted by Gasteiger charge is -2.33. The number of benzene rings is 1. The van der Waals surface area contributed by atoms with E-state index in [2.05, 4.69) is 69.5 Å². The lowest BCUT2D eigenvalue weighted by atomic mass is 9.82. The Morgan fingerprint density at radius 1 is 1.20 bits per heavy atom. The summed E-state index contributed by atoms with van der Waals surface area (Å²) in [5.41, 5.74) is 1.23. The van der Waals surface area contributed by atoms with Gasteiger partial charge < -0.3 is 4.57 Å².